The summed E-state index contributed by atoms with van der Waals surface area (Å²) in [6.07, 6.45) is 0.463. The molecule has 23 heavy (non-hydrogen) atoms. The number of nitrogens with one attached hydrogen (secondary N) is 1. The van der Waals surface area contributed by atoms with E-state index in [0.29, 0.717) is 24.5 Å². The van der Waals surface area contributed by atoms with Crippen molar-refractivity contribution in [2.24, 2.45) is 0 Å². The van der Waals surface area contributed by atoms with Gasteiger partial charge in [0.15, 0.2) is 21.3 Å². The number of carbonyl (C=O) groups excluding carboxylic acids is 1. The van der Waals surface area contributed by atoms with Crippen molar-refractivity contribution in [2.45, 2.75) is 19.0 Å². The van der Waals surface area contributed by atoms with Gasteiger partial charge in [0, 0.05) is 18.7 Å². The third-order valence-corrected chi connectivity index (χ3v) is 5.57. The molecule has 0 aromatic heterocycles. The molecule has 1 aromatic rings. The average molecular weight is 342 g/mol. The van der Waals surface area contributed by atoms with E-state index in [0.717, 1.165) is 5.56 Å². The first-order valence-corrected chi connectivity index (χ1v) is 9.10. The van der Waals surface area contributed by atoms with Gasteiger partial charge < -0.3 is 19.7 Å². The first kappa shape index (κ1) is 17.4. The highest BCUT2D eigenvalue weighted by Crippen LogP contribution is 2.31. The number of ether oxygens (including phenoxy) is 2. The Labute approximate surface area is 136 Å². The second-order valence-electron chi connectivity index (χ2n) is 5.56. The van der Waals surface area contributed by atoms with Gasteiger partial charge in [-0.15, -0.1) is 0 Å². The lowest BCUT2D eigenvalue weighted by molar-refractivity contribution is 0.203. The number of hydrogen-bond acceptors (Lipinski definition) is 5. The maximum atomic E-state index is 12.2. The first-order valence-electron chi connectivity index (χ1n) is 7.28. The quantitative estimate of drug-likeness (QED) is 0.864. The van der Waals surface area contributed by atoms with E-state index < -0.39 is 9.84 Å². The maximum Gasteiger partial charge on any atom is 0.317 e. The fraction of sp³-hybridized carbons (Fsp3) is 0.533. The van der Waals surface area contributed by atoms with Gasteiger partial charge in [0.2, 0.25) is 0 Å². The highest BCUT2D eigenvalue weighted by Gasteiger charge is 2.29. The lowest BCUT2D eigenvalue weighted by atomic mass is 10.1. The third kappa shape index (κ3) is 4.28. The zero-order valence-corrected chi connectivity index (χ0v) is 14.4. The van der Waals surface area contributed by atoms with E-state index in [9.17, 15) is 13.2 Å². The van der Waals surface area contributed by atoms with Crippen molar-refractivity contribution in [2.75, 3.05) is 32.8 Å². The summed E-state index contributed by atoms with van der Waals surface area (Å²) in [7, 11) is 1.74. The normalized spacial score (nSPS) is 19.2. The molecule has 1 aliphatic rings. The number of rotatable bonds is 5. The second kappa shape index (κ2) is 7.08. The Morgan fingerprint density at radius 2 is 2.09 bits per heavy atom. The molecule has 1 atom stereocenters. The Hall–Kier alpha value is -1.96. The number of hydrogen-bond donors (Lipinski definition) is 1. The van der Waals surface area contributed by atoms with Gasteiger partial charge in [0.25, 0.3) is 0 Å². The van der Waals surface area contributed by atoms with Crippen molar-refractivity contribution in [3.63, 3.8) is 0 Å². The molecule has 0 radical (unpaired) electrons. The van der Waals surface area contributed by atoms with E-state index >= 15 is 0 Å². The largest absolute Gasteiger partial charge is 0.493 e. The van der Waals surface area contributed by atoms with Crippen molar-refractivity contribution in [3.8, 4) is 11.5 Å². The summed E-state index contributed by atoms with van der Waals surface area (Å²) in [4.78, 5) is 13.7. The minimum atomic E-state index is -3.02. The molecular weight excluding hydrogens is 320 g/mol. The topological polar surface area (TPSA) is 84.9 Å². The van der Waals surface area contributed by atoms with E-state index in [2.05, 4.69) is 5.32 Å². The SMILES string of the molecule is COc1cccc(CN(C)C(=O)N[C@H]2CCS(=O)(=O)C2)c1OC. The van der Waals surface area contributed by atoms with Gasteiger partial charge in [-0.3, -0.25) is 0 Å². The lowest BCUT2D eigenvalue weighted by Gasteiger charge is -2.22. The summed E-state index contributed by atoms with van der Waals surface area (Å²) in [6.45, 7) is 0.325. The number of urea groups is 1. The molecule has 1 aliphatic heterocycles. The van der Waals surface area contributed by atoms with Crippen LogP contribution in [0.3, 0.4) is 0 Å². The predicted molar refractivity (Wildman–Crippen MR) is 86.6 cm³/mol. The van der Waals surface area contributed by atoms with Crippen LogP contribution in [0.4, 0.5) is 4.79 Å². The summed E-state index contributed by atoms with van der Waals surface area (Å²) < 4.78 is 33.5. The van der Waals surface area contributed by atoms with Crippen LogP contribution in [-0.4, -0.2) is 58.2 Å². The molecule has 7 nitrogen and oxygen atoms in total. The number of sulfone groups is 1. The van der Waals surface area contributed by atoms with Crippen LogP contribution < -0.4 is 14.8 Å². The summed E-state index contributed by atoms with van der Waals surface area (Å²) in [6, 6.07) is 4.84. The van der Waals surface area contributed by atoms with E-state index in [4.69, 9.17) is 9.47 Å². The number of carbonyl (C=O) groups is 1. The number of methoxy groups -OCH3 is 2. The van der Waals surface area contributed by atoms with Gasteiger partial charge in [0.05, 0.1) is 32.3 Å². The van der Waals surface area contributed by atoms with Crippen LogP contribution in [0.1, 0.15) is 12.0 Å². The maximum absolute atomic E-state index is 12.2. The van der Waals surface area contributed by atoms with Crippen molar-refractivity contribution < 1.29 is 22.7 Å². The third-order valence-electron chi connectivity index (χ3n) is 3.80. The zero-order chi connectivity index (χ0) is 17.0. The van der Waals surface area contributed by atoms with E-state index in [1.807, 2.05) is 12.1 Å². The molecule has 1 aromatic carbocycles. The monoisotopic (exact) mass is 342 g/mol. The number of nitrogens with zero attached hydrogens (tertiary/aromatic N) is 1. The van der Waals surface area contributed by atoms with E-state index in [1.165, 1.54) is 4.90 Å². The van der Waals surface area contributed by atoms with Crippen LogP contribution in [0, 0.1) is 0 Å². The van der Waals surface area contributed by atoms with Gasteiger partial charge in [-0.1, -0.05) is 12.1 Å². The van der Waals surface area contributed by atoms with Gasteiger partial charge in [-0.2, -0.15) is 0 Å². The van der Waals surface area contributed by atoms with E-state index in [1.54, 1.807) is 27.3 Å². The van der Waals surface area contributed by atoms with Crippen molar-refractivity contribution in [1.29, 1.82) is 0 Å². The average Bonchev–Trinajstić information content (AvgIpc) is 2.85. The number of benzene rings is 1. The predicted octanol–water partition coefficient (Wildman–Crippen LogP) is 1.03. The highest BCUT2D eigenvalue weighted by atomic mass is 32.2. The van der Waals surface area contributed by atoms with Gasteiger partial charge in [0.1, 0.15) is 0 Å². The standard InChI is InChI=1S/C15H22N2O5S/c1-17(15(18)16-12-7-8-23(19,20)10-12)9-11-5-4-6-13(21-2)14(11)22-3/h4-6,12H,7-10H2,1-3H3,(H,16,18)/t12-/m0/s1. The smallest absolute Gasteiger partial charge is 0.317 e. The molecular formula is C15H22N2O5S. The summed E-state index contributed by atoms with van der Waals surface area (Å²) >= 11 is 0. The van der Waals surface area contributed by atoms with Crippen LogP contribution >= 0.6 is 0 Å². The molecule has 0 saturated carbocycles. The molecule has 2 amide bonds. The fourth-order valence-electron chi connectivity index (χ4n) is 2.60. The Kier molecular flexibility index (Phi) is 5.35. The van der Waals surface area contributed by atoms with Crippen molar-refractivity contribution >= 4 is 15.9 Å². The van der Waals surface area contributed by atoms with Crippen LogP contribution in [0.25, 0.3) is 0 Å². The van der Waals surface area contributed by atoms with Crippen LogP contribution in [-0.2, 0) is 16.4 Å². The number of amides is 2. The molecule has 1 fully saturated rings. The molecule has 1 heterocycles. The lowest BCUT2D eigenvalue weighted by Crippen LogP contribution is -2.43. The molecule has 0 spiro atoms. The Morgan fingerprint density at radius 1 is 1.35 bits per heavy atom. The molecule has 0 bridgehead atoms. The van der Waals surface area contributed by atoms with E-state index in [-0.39, 0.29) is 23.6 Å². The fourth-order valence-corrected chi connectivity index (χ4v) is 4.27. The first-order chi connectivity index (χ1) is 10.9. The molecule has 1 saturated heterocycles. The highest BCUT2D eigenvalue weighted by molar-refractivity contribution is 7.91. The van der Waals surface area contributed by atoms with Crippen LogP contribution in [0.15, 0.2) is 18.2 Å². The van der Waals surface area contributed by atoms with Crippen LogP contribution in [0.5, 0.6) is 11.5 Å². The molecule has 8 heteroatoms. The zero-order valence-electron chi connectivity index (χ0n) is 13.5. The van der Waals surface area contributed by atoms with Gasteiger partial charge in [-0.25, -0.2) is 13.2 Å². The molecule has 0 unspecified atom stereocenters. The van der Waals surface area contributed by atoms with Crippen LogP contribution in [0.2, 0.25) is 0 Å². The molecule has 128 valence electrons. The van der Waals surface area contributed by atoms with Crippen molar-refractivity contribution in [3.05, 3.63) is 23.8 Å². The van der Waals surface area contributed by atoms with Gasteiger partial charge >= 0.3 is 6.03 Å². The van der Waals surface area contributed by atoms with Crippen molar-refractivity contribution in [1.82, 2.24) is 10.2 Å². The summed E-state index contributed by atoms with van der Waals surface area (Å²) in [5.74, 6) is 1.32. The molecule has 0 aliphatic carbocycles. The Morgan fingerprint density at radius 3 is 2.65 bits per heavy atom. The summed E-state index contributed by atoms with van der Waals surface area (Å²) in [5, 5.41) is 2.76. The second-order valence-corrected chi connectivity index (χ2v) is 7.79. The minimum absolute atomic E-state index is 0.00899. The summed E-state index contributed by atoms with van der Waals surface area (Å²) in [5.41, 5.74) is 0.809. The molecule has 2 rings (SSSR count). The Balaban J connectivity index is 2.01. The Bertz CT molecular complexity index is 674. The molecule has 1 N–H and O–H groups in total. The number of para-hydroxylation sites is 1. The minimum Gasteiger partial charge on any atom is -0.493 e. The van der Waals surface area contributed by atoms with Gasteiger partial charge in [-0.05, 0) is 12.5 Å².